The van der Waals surface area contributed by atoms with Crippen molar-refractivity contribution in [1.29, 1.82) is 0 Å². The van der Waals surface area contributed by atoms with Crippen LogP contribution in [0.15, 0.2) is 0 Å². The largest absolute Gasteiger partial charge is 0.300 e. The molecule has 0 aromatic carbocycles. The lowest BCUT2D eigenvalue weighted by Gasteiger charge is -2.13. The zero-order valence-electron chi connectivity index (χ0n) is 7.09. The standard InChI is InChI=1S/C9H14O2/c1-6(7(2)10)8-4-3-5-9(8)11/h6,8H,3-5H2,1-2H3/t6-,8+/m1/s1. The van der Waals surface area contributed by atoms with Crippen molar-refractivity contribution >= 4 is 11.6 Å². The van der Waals surface area contributed by atoms with Crippen molar-refractivity contribution in [1.82, 2.24) is 0 Å². The van der Waals surface area contributed by atoms with Gasteiger partial charge in [0.05, 0.1) is 0 Å². The van der Waals surface area contributed by atoms with E-state index in [1.54, 1.807) is 6.92 Å². The number of carbonyl (C=O) groups is 2. The van der Waals surface area contributed by atoms with Crippen molar-refractivity contribution in [2.75, 3.05) is 0 Å². The molecule has 62 valence electrons. The first kappa shape index (κ1) is 8.44. The van der Waals surface area contributed by atoms with Crippen LogP contribution in [-0.4, -0.2) is 11.6 Å². The summed E-state index contributed by atoms with van der Waals surface area (Å²) in [6, 6.07) is 0. The second-order valence-corrected chi connectivity index (χ2v) is 3.36. The molecule has 0 aromatic heterocycles. The van der Waals surface area contributed by atoms with E-state index in [-0.39, 0.29) is 23.4 Å². The normalized spacial score (nSPS) is 27.1. The third-order valence-electron chi connectivity index (χ3n) is 2.60. The van der Waals surface area contributed by atoms with Gasteiger partial charge in [-0.2, -0.15) is 0 Å². The Kier molecular flexibility index (Phi) is 2.42. The molecule has 0 N–H and O–H groups in total. The molecule has 0 heterocycles. The van der Waals surface area contributed by atoms with Gasteiger partial charge in [0.1, 0.15) is 11.6 Å². The molecular formula is C9H14O2. The van der Waals surface area contributed by atoms with Crippen LogP contribution in [0.1, 0.15) is 33.1 Å². The minimum Gasteiger partial charge on any atom is -0.300 e. The Bertz CT molecular complexity index is 184. The molecule has 1 rings (SSSR count). The molecule has 2 atom stereocenters. The highest BCUT2D eigenvalue weighted by Gasteiger charge is 2.31. The van der Waals surface area contributed by atoms with E-state index < -0.39 is 0 Å². The molecule has 1 aliphatic carbocycles. The van der Waals surface area contributed by atoms with Crippen LogP contribution < -0.4 is 0 Å². The van der Waals surface area contributed by atoms with E-state index in [4.69, 9.17) is 0 Å². The smallest absolute Gasteiger partial charge is 0.136 e. The lowest BCUT2D eigenvalue weighted by Crippen LogP contribution is -2.21. The summed E-state index contributed by atoms with van der Waals surface area (Å²) >= 11 is 0. The van der Waals surface area contributed by atoms with Gasteiger partial charge in [0.15, 0.2) is 0 Å². The van der Waals surface area contributed by atoms with Crippen LogP contribution in [0.3, 0.4) is 0 Å². The lowest BCUT2D eigenvalue weighted by molar-refractivity contribution is -0.129. The van der Waals surface area contributed by atoms with Gasteiger partial charge in [0, 0.05) is 18.3 Å². The van der Waals surface area contributed by atoms with E-state index in [0.717, 1.165) is 12.8 Å². The predicted octanol–water partition coefficient (Wildman–Crippen LogP) is 1.58. The molecule has 1 fully saturated rings. The summed E-state index contributed by atoms with van der Waals surface area (Å²) in [6.45, 7) is 3.42. The van der Waals surface area contributed by atoms with E-state index in [1.165, 1.54) is 0 Å². The second-order valence-electron chi connectivity index (χ2n) is 3.36. The van der Waals surface area contributed by atoms with Gasteiger partial charge >= 0.3 is 0 Å². The third-order valence-corrected chi connectivity index (χ3v) is 2.60. The van der Waals surface area contributed by atoms with Crippen molar-refractivity contribution in [2.24, 2.45) is 11.8 Å². The van der Waals surface area contributed by atoms with E-state index in [2.05, 4.69) is 0 Å². The minimum absolute atomic E-state index is 0.0347. The average molecular weight is 154 g/mol. The zero-order chi connectivity index (χ0) is 8.43. The molecule has 1 saturated carbocycles. The molecule has 0 aliphatic heterocycles. The van der Waals surface area contributed by atoms with Crippen molar-refractivity contribution in [2.45, 2.75) is 33.1 Å². The number of Topliss-reactive ketones (excluding diaryl/α,β-unsaturated/α-hetero) is 2. The fourth-order valence-electron chi connectivity index (χ4n) is 1.65. The molecule has 0 amide bonds. The average Bonchev–Trinajstić information content (AvgIpc) is 2.33. The van der Waals surface area contributed by atoms with Crippen molar-refractivity contribution in [3.63, 3.8) is 0 Å². The first-order valence-electron chi connectivity index (χ1n) is 4.16. The van der Waals surface area contributed by atoms with E-state index in [1.807, 2.05) is 6.92 Å². The summed E-state index contributed by atoms with van der Waals surface area (Å²) < 4.78 is 0. The molecule has 0 bridgehead atoms. The van der Waals surface area contributed by atoms with Gasteiger partial charge in [0.2, 0.25) is 0 Å². The van der Waals surface area contributed by atoms with Crippen LogP contribution >= 0.6 is 0 Å². The first-order chi connectivity index (χ1) is 5.13. The van der Waals surface area contributed by atoms with Gasteiger partial charge < -0.3 is 0 Å². The maximum Gasteiger partial charge on any atom is 0.136 e. The molecule has 0 radical (unpaired) electrons. The van der Waals surface area contributed by atoms with Gasteiger partial charge in [-0.25, -0.2) is 0 Å². The van der Waals surface area contributed by atoms with E-state index >= 15 is 0 Å². The Morgan fingerprint density at radius 2 is 2.27 bits per heavy atom. The quantitative estimate of drug-likeness (QED) is 0.605. The van der Waals surface area contributed by atoms with Gasteiger partial charge in [-0.05, 0) is 19.8 Å². The van der Waals surface area contributed by atoms with Crippen molar-refractivity contribution < 1.29 is 9.59 Å². The van der Waals surface area contributed by atoms with Crippen LogP contribution in [0.4, 0.5) is 0 Å². The molecule has 0 spiro atoms. The fraction of sp³-hybridized carbons (Fsp3) is 0.778. The lowest BCUT2D eigenvalue weighted by atomic mass is 9.89. The SMILES string of the molecule is CC(=O)[C@@H](C)[C@@H]1CCCC1=O. The van der Waals surface area contributed by atoms with Crippen LogP contribution in [-0.2, 0) is 9.59 Å². The Morgan fingerprint density at radius 3 is 2.64 bits per heavy atom. The van der Waals surface area contributed by atoms with Crippen LogP contribution in [0.2, 0.25) is 0 Å². The molecule has 2 heteroatoms. The predicted molar refractivity (Wildman–Crippen MR) is 42.2 cm³/mol. The Balaban J connectivity index is 2.59. The fourth-order valence-corrected chi connectivity index (χ4v) is 1.65. The first-order valence-corrected chi connectivity index (χ1v) is 4.16. The minimum atomic E-state index is -0.0509. The Morgan fingerprint density at radius 1 is 1.64 bits per heavy atom. The van der Waals surface area contributed by atoms with Gasteiger partial charge in [0.25, 0.3) is 0 Å². The summed E-state index contributed by atoms with van der Waals surface area (Å²) in [5.74, 6) is 0.412. The maximum atomic E-state index is 11.2. The summed E-state index contributed by atoms with van der Waals surface area (Å²) in [7, 11) is 0. The highest BCUT2D eigenvalue weighted by Crippen LogP contribution is 2.28. The van der Waals surface area contributed by atoms with Gasteiger partial charge in [-0.15, -0.1) is 0 Å². The molecule has 0 unspecified atom stereocenters. The summed E-state index contributed by atoms with van der Waals surface area (Å²) in [5, 5.41) is 0. The monoisotopic (exact) mass is 154 g/mol. The van der Waals surface area contributed by atoms with Gasteiger partial charge in [-0.3, -0.25) is 9.59 Å². The third kappa shape index (κ3) is 1.67. The van der Waals surface area contributed by atoms with Crippen molar-refractivity contribution in [3.8, 4) is 0 Å². The van der Waals surface area contributed by atoms with Crippen molar-refractivity contribution in [3.05, 3.63) is 0 Å². The number of hydrogen-bond donors (Lipinski definition) is 0. The van der Waals surface area contributed by atoms with E-state index in [9.17, 15) is 9.59 Å². The molecule has 11 heavy (non-hydrogen) atoms. The summed E-state index contributed by atoms with van der Waals surface area (Å²) in [4.78, 5) is 22.1. The number of rotatable bonds is 2. The number of ketones is 2. The molecule has 2 nitrogen and oxygen atoms in total. The Labute approximate surface area is 67.0 Å². The van der Waals surface area contributed by atoms with Gasteiger partial charge in [-0.1, -0.05) is 6.92 Å². The van der Waals surface area contributed by atoms with Crippen LogP contribution in [0, 0.1) is 11.8 Å². The molecular weight excluding hydrogens is 140 g/mol. The Hall–Kier alpha value is -0.660. The summed E-state index contributed by atoms with van der Waals surface area (Å²) in [6.07, 6.45) is 2.57. The number of hydrogen-bond acceptors (Lipinski definition) is 2. The van der Waals surface area contributed by atoms with Crippen LogP contribution in [0.5, 0.6) is 0 Å². The highest BCUT2D eigenvalue weighted by atomic mass is 16.1. The van der Waals surface area contributed by atoms with E-state index in [0.29, 0.717) is 6.42 Å². The topological polar surface area (TPSA) is 34.1 Å². The van der Waals surface area contributed by atoms with Crippen LogP contribution in [0.25, 0.3) is 0 Å². The highest BCUT2D eigenvalue weighted by molar-refractivity contribution is 5.89. The molecule has 0 aromatic rings. The maximum absolute atomic E-state index is 11.2. The number of carbonyl (C=O) groups excluding carboxylic acids is 2. The zero-order valence-corrected chi connectivity index (χ0v) is 7.09. The summed E-state index contributed by atoms with van der Waals surface area (Å²) in [5.41, 5.74) is 0. The second kappa shape index (κ2) is 3.16. The molecule has 1 aliphatic rings. The molecule has 0 saturated heterocycles.